The van der Waals surface area contributed by atoms with Gasteiger partial charge in [-0.3, -0.25) is 4.79 Å². The molecule has 0 aliphatic carbocycles. The number of hydrogen-bond acceptors (Lipinski definition) is 2. The molecule has 0 aromatic heterocycles. The van der Waals surface area contributed by atoms with E-state index in [9.17, 15) is 10.1 Å². The number of aldehydes is 1. The van der Waals surface area contributed by atoms with Crippen molar-refractivity contribution in [2.45, 2.75) is 18.8 Å². The molecule has 2 nitrogen and oxygen atoms in total. The van der Waals surface area contributed by atoms with Crippen molar-refractivity contribution in [3.63, 3.8) is 0 Å². The van der Waals surface area contributed by atoms with Crippen molar-refractivity contribution in [3.8, 4) is 6.07 Å². The first kappa shape index (κ1) is 14.1. The zero-order chi connectivity index (χ0) is 14.4. The molecule has 1 atom stereocenters. The average Bonchev–Trinajstić information content (AvgIpc) is 2.48. The first-order valence-corrected chi connectivity index (χ1v) is 6.73. The van der Waals surface area contributed by atoms with Gasteiger partial charge in [-0.1, -0.05) is 54.0 Å². The molecule has 0 saturated carbocycles. The Morgan fingerprint density at radius 3 is 2.55 bits per heavy atom. The van der Waals surface area contributed by atoms with E-state index in [1.807, 2.05) is 18.2 Å². The zero-order valence-corrected chi connectivity index (χ0v) is 11.5. The fourth-order valence-corrected chi connectivity index (χ4v) is 2.29. The summed E-state index contributed by atoms with van der Waals surface area (Å²) >= 11 is 0. The maximum Gasteiger partial charge on any atom is 0.150 e. The van der Waals surface area contributed by atoms with E-state index in [-0.39, 0.29) is 5.92 Å². The number of rotatable bonds is 5. The molecule has 0 N–H and O–H groups in total. The lowest BCUT2D eigenvalue weighted by Crippen LogP contribution is -2.04. The van der Waals surface area contributed by atoms with Gasteiger partial charge < -0.3 is 0 Å². The van der Waals surface area contributed by atoms with Crippen LogP contribution in [0.3, 0.4) is 0 Å². The van der Waals surface area contributed by atoms with Crippen LogP contribution in [0.5, 0.6) is 0 Å². The molecule has 0 aliphatic rings. The Morgan fingerprint density at radius 2 is 1.95 bits per heavy atom. The molecule has 0 amide bonds. The Bertz CT molecular complexity index is 628. The summed E-state index contributed by atoms with van der Waals surface area (Å²) in [4.78, 5) is 10.6. The van der Waals surface area contributed by atoms with E-state index in [0.29, 0.717) is 5.56 Å². The highest BCUT2D eigenvalue weighted by molar-refractivity contribution is 6.32. The third-order valence-electron chi connectivity index (χ3n) is 3.43. The van der Waals surface area contributed by atoms with Gasteiger partial charge in [0, 0.05) is 5.56 Å². The molecule has 1 unspecified atom stereocenters. The maximum atomic E-state index is 10.6. The second-order valence-electron chi connectivity index (χ2n) is 4.99. The molecule has 2 aromatic rings. The number of benzene rings is 2. The monoisotopic (exact) mass is 261 g/mol. The first-order valence-electron chi connectivity index (χ1n) is 6.73. The lowest BCUT2D eigenvalue weighted by Gasteiger charge is -2.10. The standard InChI is InChI=1S/C17H16BNO/c18-17-3-1-2-13(10-17)4-9-16(11-19)15-7-5-14(12-20)6-8-15/h1-3,5-8,10,12,16H,4,9,18H2. The van der Waals surface area contributed by atoms with Crippen LogP contribution in [-0.4, -0.2) is 14.1 Å². The van der Waals surface area contributed by atoms with Crippen LogP contribution in [0.1, 0.15) is 33.8 Å². The normalized spacial score (nSPS) is 11.6. The summed E-state index contributed by atoms with van der Waals surface area (Å²) in [6.07, 6.45) is 2.49. The Morgan fingerprint density at radius 1 is 1.20 bits per heavy atom. The van der Waals surface area contributed by atoms with Crippen LogP contribution in [0, 0.1) is 11.3 Å². The highest BCUT2D eigenvalue weighted by Gasteiger charge is 2.10. The summed E-state index contributed by atoms with van der Waals surface area (Å²) in [7, 11) is 2.07. The van der Waals surface area contributed by atoms with Gasteiger partial charge in [0.25, 0.3) is 0 Å². The first-order chi connectivity index (χ1) is 9.72. The molecular formula is C17H16BNO. The van der Waals surface area contributed by atoms with Crippen molar-refractivity contribution in [2.75, 3.05) is 0 Å². The molecule has 0 spiro atoms. The number of carbonyl (C=O) groups is 1. The lowest BCUT2D eigenvalue weighted by molar-refractivity contribution is 0.112. The van der Waals surface area contributed by atoms with Crippen molar-refractivity contribution < 1.29 is 4.79 Å². The number of aryl methyl sites for hydroxylation is 1. The van der Waals surface area contributed by atoms with Crippen LogP contribution in [0.2, 0.25) is 0 Å². The smallest absolute Gasteiger partial charge is 0.150 e. The number of nitriles is 1. The van der Waals surface area contributed by atoms with Gasteiger partial charge in [0.15, 0.2) is 0 Å². The number of hydrogen-bond donors (Lipinski definition) is 0. The molecule has 0 bridgehead atoms. The number of nitrogens with zero attached hydrogens (tertiary/aromatic N) is 1. The summed E-state index contributed by atoms with van der Waals surface area (Å²) in [5.74, 6) is -0.129. The highest BCUT2D eigenvalue weighted by atomic mass is 16.1. The topological polar surface area (TPSA) is 40.9 Å². The van der Waals surface area contributed by atoms with Crippen LogP contribution >= 0.6 is 0 Å². The quantitative estimate of drug-likeness (QED) is 0.610. The van der Waals surface area contributed by atoms with E-state index in [1.165, 1.54) is 11.0 Å². The minimum atomic E-state index is -0.129. The third kappa shape index (κ3) is 3.58. The van der Waals surface area contributed by atoms with E-state index in [1.54, 1.807) is 12.1 Å². The van der Waals surface area contributed by atoms with E-state index in [0.717, 1.165) is 24.7 Å². The Labute approximate surface area is 120 Å². The molecule has 20 heavy (non-hydrogen) atoms. The van der Waals surface area contributed by atoms with Gasteiger partial charge in [-0.05, 0) is 24.0 Å². The Hall–Kier alpha value is -2.34. The molecule has 98 valence electrons. The van der Waals surface area contributed by atoms with E-state index < -0.39 is 0 Å². The van der Waals surface area contributed by atoms with Gasteiger partial charge in [-0.25, -0.2) is 0 Å². The van der Waals surface area contributed by atoms with Crippen molar-refractivity contribution in [1.29, 1.82) is 5.26 Å². The van der Waals surface area contributed by atoms with Crippen molar-refractivity contribution >= 4 is 19.6 Å². The molecule has 0 fully saturated rings. The summed E-state index contributed by atoms with van der Waals surface area (Å²) in [5, 5.41) is 9.32. The lowest BCUT2D eigenvalue weighted by atomic mass is 9.90. The minimum absolute atomic E-state index is 0.129. The molecule has 0 heterocycles. The van der Waals surface area contributed by atoms with Crippen LogP contribution in [0.4, 0.5) is 0 Å². The fraction of sp³-hybridized carbons (Fsp3) is 0.176. The van der Waals surface area contributed by atoms with Crippen LogP contribution in [-0.2, 0) is 6.42 Å². The van der Waals surface area contributed by atoms with Gasteiger partial charge in [-0.15, -0.1) is 0 Å². The van der Waals surface area contributed by atoms with Crippen molar-refractivity contribution in [3.05, 3.63) is 65.2 Å². The summed E-state index contributed by atoms with van der Waals surface area (Å²) in [6.45, 7) is 0. The second kappa shape index (κ2) is 6.72. The third-order valence-corrected chi connectivity index (χ3v) is 3.43. The molecule has 2 aromatic carbocycles. The highest BCUT2D eigenvalue weighted by Crippen LogP contribution is 2.21. The largest absolute Gasteiger partial charge is 0.298 e. The predicted molar refractivity (Wildman–Crippen MR) is 83.1 cm³/mol. The summed E-state index contributed by atoms with van der Waals surface area (Å²) in [6, 6.07) is 18.0. The van der Waals surface area contributed by atoms with Gasteiger partial charge >= 0.3 is 0 Å². The van der Waals surface area contributed by atoms with Gasteiger partial charge in [-0.2, -0.15) is 5.26 Å². The minimum Gasteiger partial charge on any atom is -0.298 e. The van der Waals surface area contributed by atoms with E-state index in [2.05, 4.69) is 32.1 Å². The Kier molecular flexibility index (Phi) is 4.73. The molecule has 0 saturated heterocycles. The van der Waals surface area contributed by atoms with Crippen molar-refractivity contribution in [1.82, 2.24) is 0 Å². The van der Waals surface area contributed by atoms with E-state index in [4.69, 9.17) is 0 Å². The predicted octanol–water partition coefficient (Wildman–Crippen LogP) is 2.00. The fourth-order valence-electron chi connectivity index (χ4n) is 2.29. The molecule has 3 heteroatoms. The van der Waals surface area contributed by atoms with Gasteiger partial charge in [0.2, 0.25) is 0 Å². The molecular weight excluding hydrogens is 245 g/mol. The summed E-state index contributed by atoms with van der Waals surface area (Å²) < 4.78 is 0. The van der Waals surface area contributed by atoms with Crippen LogP contribution in [0.15, 0.2) is 48.5 Å². The average molecular weight is 261 g/mol. The maximum absolute atomic E-state index is 10.6. The molecule has 2 rings (SSSR count). The van der Waals surface area contributed by atoms with Gasteiger partial charge in [0.1, 0.15) is 14.1 Å². The number of carbonyl (C=O) groups excluding carboxylic acids is 1. The second-order valence-corrected chi connectivity index (χ2v) is 4.99. The SMILES string of the molecule is Bc1cccc(CCC(C#N)c2ccc(C=O)cc2)c1. The Balaban J connectivity index is 2.05. The zero-order valence-electron chi connectivity index (χ0n) is 11.5. The molecule has 0 aliphatic heterocycles. The van der Waals surface area contributed by atoms with Crippen molar-refractivity contribution in [2.24, 2.45) is 0 Å². The van der Waals surface area contributed by atoms with Crippen LogP contribution in [0.25, 0.3) is 0 Å². The molecule has 0 radical (unpaired) electrons. The van der Waals surface area contributed by atoms with E-state index >= 15 is 0 Å². The van der Waals surface area contributed by atoms with Gasteiger partial charge in [0.05, 0.1) is 12.0 Å². The summed E-state index contributed by atoms with van der Waals surface area (Å²) in [5.41, 5.74) is 4.12. The van der Waals surface area contributed by atoms with Crippen LogP contribution < -0.4 is 5.46 Å².